The average molecular weight is 306 g/mol. The SMILES string of the molecule is CNCC(O)Cn1cc(Br)c(=O)c([N+](=O)[O-])c1. The monoisotopic (exact) mass is 305 g/mol. The minimum atomic E-state index is -0.742. The normalized spacial score (nSPS) is 12.4. The Morgan fingerprint density at radius 1 is 1.65 bits per heavy atom. The van der Waals surface area contributed by atoms with Crippen LogP contribution < -0.4 is 10.7 Å². The third kappa shape index (κ3) is 3.62. The maximum atomic E-state index is 11.4. The molecule has 0 aliphatic heterocycles. The molecule has 0 fully saturated rings. The summed E-state index contributed by atoms with van der Waals surface area (Å²) >= 11 is 2.96. The maximum absolute atomic E-state index is 11.4. The third-order valence-electron chi connectivity index (χ3n) is 2.07. The van der Waals surface area contributed by atoms with Crippen LogP contribution in [-0.2, 0) is 6.54 Å². The van der Waals surface area contributed by atoms with E-state index in [-0.39, 0.29) is 11.0 Å². The molecule has 0 aliphatic rings. The first kappa shape index (κ1) is 13.8. The molecule has 2 N–H and O–H groups in total. The smallest absolute Gasteiger partial charge is 0.333 e. The zero-order valence-electron chi connectivity index (χ0n) is 9.09. The van der Waals surface area contributed by atoms with Gasteiger partial charge in [-0.2, -0.15) is 0 Å². The topological polar surface area (TPSA) is 97.4 Å². The Morgan fingerprint density at radius 2 is 2.29 bits per heavy atom. The Bertz CT molecular complexity index is 474. The maximum Gasteiger partial charge on any atom is 0.333 e. The van der Waals surface area contributed by atoms with Gasteiger partial charge in [-0.1, -0.05) is 0 Å². The first-order chi connectivity index (χ1) is 7.95. The Balaban J connectivity index is 3.03. The predicted octanol–water partition coefficient (Wildman–Crippen LogP) is 0.0993. The van der Waals surface area contributed by atoms with Gasteiger partial charge < -0.3 is 15.0 Å². The number of halogens is 1. The summed E-state index contributed by atoms with van der Waals surface area (Å²) in [4.78, 5) is 21.3. The Labute approximate surface area is 105 Å². The summed E-state index contributed by atoms with van der Waals surface area (Å²) in [6, 6.07) is 0. The van der Waals surface area contributed by atoms with Crippen molar-refractivity contribution in [3.05, 3.63) is 37.2 Å². The summed E-state index contributed by atoms with van der Waals surface area (Å²) < 4.78 is 1.51. The van der Waals surface area contributed by atoms with Crippen LogP contribution in [0.5, 0.6) is 0 Å². The molecule has 1 rings (SSSR count). The molecule has 8 heteroatoms. The first-order valence-electron chi connectivity index (χ1n) is 4.82. The van der Waals surface area contributed by atoms with Gasteiger partial charge in [0.2, 0.25) is 0 Å². The van der Waals surface area contributed by atoms with E-state index < -0.39 is 22.1 Å². The molecule has 0 aliphatic carbocycles. The highest BCUT2D eigenvalue weighted by molar-refractivity contribution is 9.10. The molecule has 0 aromatic carbocycles. The van der Waals surface area contributed by atoms with E-state index in [1.807, 2.05) is 0 Å². The molecule has 1 heterocycles. The van der Waals surface area contributed by atoms with Crippen molar-refractivity contribution in [2.75, 3.05) is 13.6 Å². The number of hydrogen-bond acceptors (Lipinski definition) is 5. The van der Waals surface area contributed by atoms with E-state index in [0.717, 1.165) is 6.20 Å². The number of nitrogens with one attached hydrogen (secondary N) is 1. The molecule has 0 amide bonds. The molecular weight excluding hydrogens is 294 g/mol. The van der Waals surface area contributed by atoms with Gasteiger partial charge in [0, 0.05) is 19.3 Å². The van der Waals surface area contributed by atoms with Crippen molar-refractivity contribution in [2.45, 2.75) is 12.6 Å². The van der Waals surface area contributed by atoms with Gasteiger partial charge in [0.25, 0.3) is 5.43 Å². The summed E-state index contributed by atoms with van der Waals surface area (Å²) in [5.41, 5.74) is -1.19. The average Bonchev–Trinajstić information content (AvgIpc) is 2.23. The molecule has 0 radical (unpaired) electrons. The number of hydrogen-bond donors (Lipinski definition) is 2. The second-order valence-corrected chi connectivity index (χ2v) is 4.34. The van der Waals surface area contributed by atoms with Crippen LogP contribution in [0.1, 0.15) is 0 Å². The van der Waals surface area contributed by atoms with Crippen LogP contribution in [0.25, 0.3) is 0 Å². The van der Waals surface area contributed by atoms with E-state index in [1.165, 1.54) is 10.8 Å². The molecule has 94 valence electrons. The van der Waals surface area contributed by atoms with E-state index in [1.54, 1.807) is 7.05 Å². The molecule has 1 atom stereocenters. The Hall–Kier alpha value is -1.25. The number of aliphatic hydroxyl groups excluding tert-OH is 1. The van der Waals surface area contributed by atoms with Crippen molar-refractivity contribution in [1.82, 2.24) is 9.88 Å². The van der Waals surface area contributed by atoms with Crippen LogP contribution in [-0.4, -0.2) is 34.3 Å². The number of pyridine rings is 1. The molecule has 0 saturated carbocycles. The van der Waals surface area contributed by atoms with Crippen molar-refractivity contribution in [1.29, 1.82) is 0 Å². The van der Waals surface area contributed by atoms with Gasteiger partial charge in [-0.25, -0.2) is 0 Å². The van der Waals surface area contributed by atoms with Gasteiger partial charge >= 0.3 is 5.69 Å². The van der Waals surface area contributed by atoms with Gasteiger partial charge in [0.1, 0.15) is 0 Å². The van der Waals surface area contributed by atoms with Crippen molar-refractivity contribution in [3.63, 3.8) is 0 Å². The summed E-state index contributed by atoms with van der Waals surface area (Å²) in [5.74, 6) is 0. The molecule has 1 unspecified atom stereocenters. The highest BCUT2D eigenvalue weighted by Crippen LogP contribution is 2.11. The highest BCUT2D eigenvalue weighted by atomic mass is 79.9. The van der Waals surface area contributed by atoms with E-state index in [2.05, 4.69) is 21.2 Å². The van der Waals surface area contributed by atoms with Crippen LogP contribution in [0.2, 0.25) is 0 Å². The van der Waals surface area contributed by atoms with Gasteiger partial charge in [0.15, 0.2) is 0 Å². The lowest BCUT2D eigenvalue weighted by Gasteiger charge is -2.12. The Kier molecular flexibility index (Phi) is 4.79. The molecule has 1 aromatic rings. The summed E-state index contributed by atoms with van der Waals surface area (Å²) in [7, 11) is 1.69. The van der Waals surface area contributed by atoms with E-state index in [4.69, 9.17) is 0 Å². The fourth-order valence-electron chi connectivity index (χ4n) is 1.36. The van der Waals surface area contributed by atoms with Crippen molar-refractivity contribution >= 4 is 21.6 Å². The zero-order valence-corrected chi connectivity index (χ0v) is 10.7. The van der Waals surface area contributed by atoms with Gasteiger partial charge in [-0.3, -0.25) is 14.9 Å². The second kappa shape index (κ2) is 5.89. The molecule has 0 saturated heterocycles. The zero-order chi connectivity index (χ0) is 13.0. The summed E-state index contributed by atoms with van der Waals surface area (Å²) in [6.45, 7) is 0.526. The summed E-state index contributed by atoms with van der Waals surface area (Å²) in [5, 5.41) is 23.0. The quantitative estimate of drug-likeness (QED) is 0.594. The van der Waals surface area contributed by atoms with Crippen LogP contribution >= 0.6 is 15.9 Å². The second-order valence-electron chi connectivity index (χ2n) is 3.49. The highest BCUT2D eigenvalue weighted by Gasteiger charge is 2.16. The van der Waals surface area contributed by atoms with Gasteiger partial charge in [0.05, 0.1) is 21.7 Å². The van der Waals surface area contributed by atoms with Crippen molar-refractivity contribution < 1.29 is 10.0 Å². The number of likely N-dealkylation sites (N-methyl/N-ethyl adjacent to an activating group) is 1. The van der Waals surface area contributed by atoms with E-state index >= 15 is 0 Å². The van der Waals surface area contributed by atoms with Crippen molar-refractivity contribution in [3.8, 4) is 0 Å². The summed E-state index contributed by atoms with van der Waals surface area (Å²) in [6.07, 6.45) is 1.84. The van der Waals surface area contributed by atoms with Crippen LogP contribution in [0.3, 0.4) is 0 Å². The van der Waals surface area contributed by atoms with Crippen molar-refractivity contribution in [2.24, 2.45) is 0 Å². The number of nitro groups is 1. The fraction of sp³-hybridized carbons (Fsp3) is 0.444. The minimum Gasteiger partial charge on any atom is -0.390 e. The van der Waals surface area contributed by atoms with E-state index in [9.17, 15) is 20.0 Å². The van der Waals surface area contributed by atoms with Gasteiger partial charge in [-0.05, 0) is 23.0 Å². The lowest BCUT2D eigenvalue weighted by Crippen LogP contribution is -2.28. The van der Waals surface area contributed by atoms with Crippen LogP contribution in [0.15, 0.2) is 21.7 Å². The number of aliphatic hydroxyl groups is 1. The molecule has 7 nitrogen and oxygen atoms in total. The van der Waals surface area contributed by atoms with Crippen LogP contribution in [0, 0.1) is 10.1 Å². The number of rotatable bonds is 5. The number of nitrogens with zero attached hydrogens (tertiary/aromatic N) is 2. The largest absolute Gasteiger partial charge is 0.390 e. The lowest BCUT2D eigenvalue weighted by atomic mass is 10.3. The van der Waals surface area contributed by atoms with Gasteiger partial charge in [-0.15, -0.1) is 0 Å². The number of aromatic nitrogens is 1. The lowest BCUT2D eigenvalue weighted by molar-refractivity contribution is -0.386. The Morgan fingerprint density at radius 3 is 2.82 bits per heavy atom. The minimum absolute atomic E-state index is 0.100. The van der Waals surface area contributed by atoms with E-state index in [0.29, 0.717) is 6.54 Å². The molecular formula is C9H12BrN3O4. The fourth-order valence-corrected chi connectivity index (χ4v) is 1.82. The predicted molar refractivity (Wildman–Crippen MR) is 65.0 cm³/mol. The standard InChI is InChI=1S/C9H12BrN3O4/c1-11-2-6(14)3-12-4-7(10)9(15)8(5-12)13(16)17/h4-6,11,14H,2-3H2,1H3. The molecule has 0 bridgehead atoms. The first-order valence-corrected chi connectivity index (χ1v) is 5.61. The molecule has 17 heavy (non-hydrogen) atoms. The van der Waals surface area contributed by atoms with Crippen LogP contribution in [0.4, 0.5) is 5.69 Å². The molecule has 0 spiro atoms. The molecule has 1 aromatic heterocycles. The third-order valence-corrected chi connectivity index (χ3v) is 2.64.